The van der Waals surface area contributed by atoms with Crippen molar-refractivity contribution in [3.05, 3.63) is 41.7 Å². The fraction of sp³-hybridized carbons (Fsp3) is 0.231. The third kappa shape index (κ3) is 3.20. The third-order valence-electron chi connectivity index (χ3n) is 2.54. The van der Waals surface area contributed by atoms with Crippen LogP contribution in [-0.2, 0) is 6.42 Å². The largest absolute Gasteiger partial charge is 0.383 e. The highest BCUT2D eigenvalue weighted by Crippen LogP contribution is 2.31. The molecule has 0 unspecified atom stereocenters. The molecule has 19 heavy (non-hydrogen) atoms. The normalized spacial score (nSPS) is 10.7. The zero-order valence-corrected chi connectivity index (χ0v) is 11.2. The molecule has 0 atom stereocenters. The highest BCUT2D eigenvalue weighted by atomic mass is 32.2. The van der Waals surface area contributed by atoms with Gasteiger partial charge in [-0.25, -0.2) is 18.7 Å². The van der Waals surface area contributed by atoms with Crippen molar-refractivity contribution in [3.8, 4) is 0 Å². The van der Waals surface area contributed by atoms with Gasteiger partial charge in [-0.3, -0.25) is 0 Å². The molecule has 1 aromatic carbocycles. The maximum absolute atomic E-state index is 13.2. The van der Waals surface area contributed by atoms with Gasteiger partial charge >= 0.3 is 0 Å². The highest BCUT2D eigenvalue weighted by molar-refractivity contribution is 7.99. The van der Waals surface area contributed by atoms with E-state index in [4.69, 9.17) is 5.73 Å². The van der Waals surface area contributed by atoms with Crippen molar-refractivity contribution in [2.45, 2.75) is 29.7 Å². The SMILES string of the molecule is CCCc1c(N)ncnc1Sc1ccc(F)c(F)c1. The third-order valence-corrected chi connectivity index (χ3v) is 3.58. The summed E-state index contributed by atoms with van der Waals surface area (Å²) in [6, 6.07) is 3.76. The van der Waals surface area contributed by atoms with Gasteiger partial charge in [-0.2, -0.15) is 0 Å². The van der Waals surface area contributed by atoms with E-state index in [0.29, 0.717) is 15.7 Å². The Morgan fingerprint density at radius 3 is 2.68 bits per heavy atom. The summed E-state index contributed by atoms with van der Waals surface area (Å²) in [6.07, 6.45) is 3.03. The lowest BCUT2D eigenvalue weighted by Crippen LogP contribution is -2.01. The minimum atomic E-state index is -0.871. The van der Waals surface area contributed by atoms with Gasteiger partial charge in [0.25, 0.3) is 0 Å². The molecule has 100 valence electrons. The van der Waals surface area contributed by atoms with Gasteiger partial charge in [0.05, 0.1) is 0 Å². The number of nitrogens with two attached hydrogens (primary N) is 1. The van der Waals surface area contributed by atoms with Crippen LogP contribution in [0.5, 0.6) is 0 Å². The lowest BCUT2D eigenvalue weighted by Gasteiger charge is -2.09. The number of anilines is 1. The molecule has 6 heteroatoms. The van der Waals surface area contributed by atoms with E-state index in [0.717, 1.165) is 30.5 Å². The molecule has 0 amide bonds. The van der Waals surface area contributed by atoms with Crippen LogP contribution >= 0.6 is 11.8 Å². The van der Waals surface area contributed by atoms with Crippen molar-refractivity contribution in [1.29, 1.82) is 0 Å². The molecule has 1 heterocycles. The predicted molar refractivity (Wildman–Crippen MR) is 70.9 cm³/mol. The Balaban J connectivity index is 2.32. The molecule has 2 aromatic rings. The fourth-order valence-electron chi connectivity index (χ4n) is 1.63. The molecule has 2 N–H and O–H groups in total. The lowest BCUT2D eigenvalue weighted by molar-refractivity contribution is 0.506. The van der Waals surface area contributed by atoms with E-state index in [1.807, 2.05) is 6.92 Å². The Labute approximate surface area is 114 Å². The number of rotatable bonds is 4. The van der Waals surface area contributed by atoms with Crippen LogP contribution in [0, 0.1) is 11.6 Å². The molecule has 2 rings (SSSR count). The highest BCUT2D eigenvalue weighted by Gasteiger charge is 2.11. The van der Waals surface area contributed by atoms with E-state index in [9.17, 15) is 8.78 Å². The van der Waals surface area contributed by atoms with Crippen LogP contribution < -0.4 is 5.73 Å². The van der Waals surface area contributed by atoms with Crippen LogP contribution in [0.4, 0.5) is 14.6 Å². The molecule has 1 aromatic heterocycles. The summed E-state index contributed by atoms with van der Waals surface area (Å²) in [4.78, 5) is 8.69. The summed E-state index contributed by atoms with van der Waals surface area (Å²) in [7, 11) is 0. The topological polar surface area (TPSA) is 51.8 Å². The number of benzene rings is 1. The second-order valence-corrected chi connectivity index (χ2v) is 5.03. The zero-order chi connectivity index (χ0) is 13.8. The van der Waals surface area contributed by atoms with Gasteiger partial charge in [-0.1, -0.05) is 25.1 Å². The summed E-state index contributed by atoms with van der Waals surface area (Å²) in [5.41, 5.74) is 6.66. The average molecular weight is 281 g/mol. The molecule has 0 aliphatic rings. The van der Waals surface area contributed by atoms with Crippen LogP contribution in [0.1, 0.15) is 18.9 Å². The Morgan fingerprint density at radius 1 is 1.21 bits per heavy atom. The predicted octanol–water partition coefficient (Wildman–Crippen LogP) is 3.44. The lowest BCUT2D eigenvalue weighted by atomic mass is 10.2. The standard InChI is InChI=1S/C13H13F2N3S/c1-2-3-9-12(16)17-7-18-13(9)19-8-4-5-10(14)11(15)6-8/h4-7H,2-3H2,1H3,(H2,16,17,18). The molecule has 0 aliphatic carbocycles. The van der Waals surface area contributed by atoms with Gasteiger partial charge in [-0.05, 0) is 24.6 Å². The molecule has 0 saturated carbocycles. The Morgan fingerprint density at radius 2 is 2.00 bits per heavy atom. The summed E-state index contributed by atoms with van der Waals surface area (Å²) in [5, 5.41) is 0.681. The molecule has 0 bridgehead atoms. The van der Waals surface area contributed by atoms with Crippen molar-refractivity contribution >= 4 is 17.6 Å². The van der Waals surface area contributed by atoms with E-state index < -0.39 is 11.6 Å². The summed E-state index contributed by atoms with van der Waals surface area (Å²) >= 11 is 1.25. The molecule has 0 aliphatic heterocycles. The van der Waals surface area contributed by atoms with Gasteiger partial charge in [0, 0.05) is 10.5 Å². The van der Waals surface area contributed by atoms with E-state index in [2.05, 4.69) is 9.97 Å². The average Bonchev–Trinajstić information content (AvgIpc) is 2.38. The molecular weight excluding hydrogens is 268 g/mol. The van der Waals surface area contributed by atoms with Gasteiger partial charge in [0.2, 0.25) is 0 Å². The van der Waals surface area contributed by atoms with Gasteiger partial charge in [0.15, 0.2) is 11.6 Å². The van der Waals surface area contributed by atoms with E-state index >= 15 is 0 Å². The van der Waals surface area contributed by atoms with Crippen LogP contribution in [0.2, 0.25) is 0 Å². The summed E-state index contributed by atoms with van der Waals surface area (Å²) < 4.78 is 26.0. The maximum Gasteiger partial charge on any atom is 0.159 e. The first-order valence-corrected chi connectivity index (χ1v) is 6.65. The smallest absolute Gasteiger partial charge is 0.159 e. The van der Waals surface area contributed by atoms with Crippen molar-refractivity contribution in [2.75, 3.05) is 5.73 Å². The number of nitrogens with zero attached hydrogens (tertiary/aromatic N) is 2. The number of nitrogen functional groups attached to an aromatic ring is 1. The molecule has 0 spiro atoms. The first-order chi connectivity index (χ1) is 9.11. The minimum absolute atomic E-state index is 0.432. The van der Waals surface area contributed by atoms with Gasteiger partial charge in [-0.15, -0.1) is 0 Å². The van der Waals surface area contributed by atoms with Crippen LogP contribution in [0.15, 0.2) is 34.4 Å². The van der Waals surface area contributed by atoms with E-state index in [1.165, 1.54) is 24.2 Å². The number of hydrogen-bond donors (Lipinski definition) is 1. The zero-order valence-electron chi connectivity index (χ0n) is 10.4. The molecule has 3 nitrogen and oxygen atoms in total. The Kier molecular flexibility index (Phi) is 4.31. The monoisotopic (exact) mass is 281 g/mol. The van der Waals surface area contributed by atoms with Crippen LogP contribution in [0.3, 0.4) is 0 Å². The first kappa shape index (κ1) is 13.7. The first-order valence-electron chi connectivity index (χ1n) is 5.84. The molecule has 0 saturated heterocycles. The summed E-state index contributed by atoms with van der Waals surface area (Å²) in [6.45, 7) is 2.03. The minimum Gasteiger partial charge on any atom is -0.383 e. The fourth-order valence-corrected chi connectivity index (χ4v) is 2.59. The van der Waals surface area contributed by atoms with E-state index in [-0.39, 0.29) is 0 Å². The summed E-state index contributed by atoms with van der Waals surface area (Å²) in [5.74, 6) is -1.30. The Hall–Kier alpha value is -1.69. The maximum atomic E-state index is 13.2. The van der Waals surface area contributed by atoms with E-state index in [1.54, 1.807) is 0 Å². The second kappa shape index (κ2) is 5.97. The van der Waals surface area contributed by atoms with Crippen LogP contribution in [-0.4, -0.2) is 9.97 Å². The van der Waals surface area contributed by atoms with Crippen molar-refractivity contribution in [3.63, 3.8) is 0 Å². The Bertz CT molecular complexity index is 590. The molecule has 0 radical (unpaired) electrons. The molecular formula is C13H13F2N3S. The number of aromatic nitrogens is 2. The number of halogens is 2. The number of hydrogen-bond acceptors (Lipinski definition) is 4. The van der Waals surface area contributed by atoms with Crippen LogP contribution in [0.25, 0.3) is 0 Å². The van der Waals surface area contributed by atoms with Crippen molar-refractivity contribution in [1.82, 2.24) is 9.97 Å². The van der Waals surface area contributed by atoms with Gasteiger partial charge < -0.3 is 5.73 Å². The van der Waals surface area contributed by atoms with Crippen molar-refractivity contribution < 1.29 is 8.78 Å². The van der Waals surface area contributed by atoms with Crippen molar-refractivity contribution in [2.24, 2.45) is 0 Å². The molecule has 0 fully saturated rings. The quantitative estimate of drug-likeness (QED) is 0.872. The second-order valence-electron chi connectivity index (χ2n) is 3.97. The van der Waals surface area contributed by atoms with Gasteiger partial charge in [0.1, 0.15) is 17.2 Å².